The van der Waals surface area contributed by atoms with Gasteiger partial charge in [-0.25, -0.2) is 4.79 Å². The number of hydrogen-bond donors (Lipinski definition) is 1. The second kappa shape index (κ2) is 8.67. The van der Waals surface area contributed by atoms with E-state index < -0.39 is 11.9 Å². The van der Waals surface area contributed by atoms with E-state index in [1.165, 1.54) is 12.7 Å². The molecule has 5 heteroatoms. The SMILES string of the molecule is COC(=O)C1=C(C)NC2=C(C(=O)c3ccccc32)[C@@H]1c1ccc(OCc2ccc(C)cc2)cc1. The van der Waals surface area contributed by atoms with Crippen LogP contribution in [0.2, 0.25) is 0 Å². The maximum atomic E-state index is 13.4. The molecule has 3 aromatic rings. The second-order valence-electron chi connectivity index (χ2n) is 8.59. The summed E-state index contributed by atoms with van der Waals surface area (Å²) >= 11 is 0. The predicted molar refractivity (Wildman–Crippen MR) is 130 cm³/mol. The number of benzene rings is 3. The van der Waals surface area contributed by atoms with Crippen molar-refractivity contribution in [2.75, 3.05) is 7.11 Å². The Labute approximate surface area is 198 Å². The fourth-order valence-electron chi connectivity index (χ4n) is 4.65. The zero-order valence-corrected chi connectivity index (χ0v) is 19.3. The molecule has 2 aliphatic rings. The molecule has 34 heavy (non-hydrogen) atoms. The van der Waals surface area contributed by atoms with Crippen molar-refractivity contribution in [3.05, 3.63) is 117 Å². The van der Waals surface area contributed by atoms with Crippen LogP contribution < -0.4 is 10.1 Å². The molecular weight excluding hydrogens is 426 g/mol. The summed E-state index contributed by atoms with van der Waals surface area (Å²) in [7, 11) is 1.36. The number of Topliss-reactive ketones (excluding diaryl/α,β-unsaturated/α-hetero) is 1. The number of nitrogens with one attached hydrogen (secondary N) is 1. The predicted octanol–water partition coefficient (Wildman–Crippen LogP) is 5.32. The Balaban J connectivity index is 1.49. The number of carbonyl (C=O) groups is 2. The summed E-state index contributed by atoms with van der Waals surface area (Å²) in [6.45, 7) is 4.35. The third-order valence-electron chi connectivity index (χ3n) is 6.39. The fraction of sp³-hybridized carbons (Fsp3) is 0.172. The van der Waals surface area contributed by atoms with E-state index in [0.717, 1.165) is 22.4 Å². The monoisotopic (exact) mass is 451 g/mol. The van der Waals surface area contributed by atoms with Gasteiger partial charge in [-0.2, -0.15) is 0 Å². The molecule has 5 rings (SSSR count). The number of hydrogen-bond acceptors (Lipinski definition) is 5. The topological polar surface area (TPSA) is 64.6 Å². The van der Waals surface area contributed by atoms with Crippen LogP contribution >= 0.6 is 0 Å². The summed E-state index contributed by atoms with van der Waals surface area (Å²) in [6.07, 6.45) is 0. The molecule has 1 aliphatic carbocycles. The Hall–Kier alpha value is -4.12. The van der Waals surface area contributed by atoms with E-state index in [2.05, 4.69) is 24.4 Å². The standard InChI is InChI=1S/C29H25NO4/c1-17-8-10-19(11-9-17)16-34-21-14-12-20(13-15-21)25-24(29(32)33-3)18(2)30-27-22-6-4-5-7-23(22)28(31)26(25)27/h4-15,25,30H,16H2,1-3H3/t25-/m1/s1. The maximum absolute atomic E-state index is 13.4. The van der Waals surface area contributed by atoms with Gasteiger partial charge in [0.2, 0.25) is 0 Å². The highest BCUT2D eigenvalue weighted by molar-refractivity contribution is 6.23. The van der Waals surface area contributed by atoms with Gasteiger partial charge < -0.3 is 14.8 Å². The van der Waals surface area contributed by atoms with E-state index in [4.69, 9.17) is 9.47 Å². The Morgan fingerprint density at radius 1 is 0.912 bits per heavy atom. The van der Waals surface area contributed by atoms with Crippen molar-refractivity contribution in [3.63, 3.8) is 0 Å². The van der Waals surface area contributed by atoms with Crippen LogP contribution in [0.4, 0.5) is 0 Å². The molecule has 0 spiro atoms. The largest absolute Gasteiger partial charge is 0.489 e. The Kier molecular flexibility index (Phi) is 5.54. The van der Waals surface area contributed by atoms with Gasteiger partial charge >= 0.3 is 5.97 Å². The highest BCUT2D eigenvalue weighted by Crippen LogP contribution is 2.46. The summed E-state index contributed by atoms with van der Waals surface area (Å²) in [5.41, 5.74) is 7.07. The van der Waals surface area contributed by atoms with E-state index in [1.807, 2.05) is 67.6 Å². The molecule has 0 amide bonds. The van der Waals surface area contributed by atoms with Gasteiger partial charge in [-0.1, -0.05) is 66.2 Å². The molecule has 5 nitrogen and oxygen atoms in total. The lowest BCUT2D eigenvalue weighted by Crippen LogP contribution is -2.29. The van der Waals surface area contributed by atoms with E-state index in [0.29, 0.717) is 34.8 Å². The number of aryl methyl sites for hydroxylation is 1. The van der Waals surface area contributed by atoms with Crippen LogP contribution in [0.25, 0.3) is 5.70 Å². The molecule has 0 fully saturated rings. The van der Waals surface area contributed by atoms with Gasteiger partial charge in [-0.15, -0.1) is 0 Å². The average Bonchev–Trinajstić information content (AvgIpc) is 3.14. The first kappa shape index (κ1) is 21.7. The summed E-state index contributed by atoms with van der Waals surface area (Å²) in [5.74, 6) is -0.342. The molecule has 1 atom stereocenters. The van der Waals surface area contributed by atoms with E-state index in [9.17, 15) is 9.59 Å². The molecule has 1 heterocycles. The van der Waals surface area contributed by atoms with Crippen molar-refractivity contribution in [1.82, 2.24) is 5.32 Å². The molecule has 0 saturated heterocycles. The lowest BCUT2D eigenvalue weighted by molar-refractivity contribution is -0.136. The Morgan fingerprint density at radius 3 is 2.26 bits per heavy atom. The molecule has 3 aromatic carbocycles. The van der Waals surface area contributed by atoms with Crippen molar-refractivity contribution in [2.24, 2.45) is 0 Å². The molecule has 0 bridgehead atoms. The number of dihydropyridines is 1. The number of ether oxygens (including phenoxy) is 2. The number of allylic oxidation sites excluding steroid dienone is 2. The van der Waals surface area contributed by atoms with Gasteiger partial charge in [-0.3, -0.25) is 4.79 Å². The van der Waals surface area contributed by atoms with Crippen molar-refractivity contribution in [3.8, 4) is 5.75 Å². The van der Waals surface area contributed by atoms with Crippen LogP contribution in [0.15, 0.2) is 89.6 Å². The highest BCUT2D eigenvalue weighted by Gasteiger charge is 2.42. The third kappa shape index (κ3) is 3.69. The van der Waals surface area contributed by atoms with E-state index in [-0.39, 0.29) is 5.78 Å². The van der Waals surface area contributed by atoms with Crippen LogP contribution in [-0.2, 0) is 16.1 Å². The second-order valence-corrected chi connectivity index (χ2v) is 8.59. The van der Waals surface area contributed by atoms with E-state index in [1.54, 1.807) is 0 Å². The summed E-state index contributed by atoms with van der Waals surface area (Å²) in [6, 6.07) is 23.3. The molecule has 0 unspecified atom stereocenters. The minimum absolute atomic E-state index is 0.0725. The van der Waals surface area contributed by atoms with Crippen LogP contribution in [0.1, 0.15) is 45.5 Å². The zero-order chi connectivity index (χ0) is 23.8. The first-order valence-corrected chi connectivity index (χ1v) is 11.2. The van der Waals surface area contributed by atoms with Gasteiger partial charge in [0.05, 0.1) is 18.4 Å². The molecule has 1 N–H and O–H groups in total. The Morgan fingerprint density at radius 2 is 1.59 bits per heavy atom. The number of methoxy groups -OCH3 is 1. The number of ketones is 1. The number of esters is 1. The fourth-order valence-corrected chi connectivity index (χ4v) is 4.65. The van der Waals surface area contributed by atoms with Crippen molar-refractivity contribution < 1.29 is 19.1 Å². The van der Waals surface area contributed by atoms with Crippen LogP contribution in [-0.4, -0.2) is 18.9 Å². The molecular formula is C29H25NO4. The van der Waals surface area contributed by atoms with Gasteiger partial charge in [0, 0.05) is 28.3 Å². The molecule has 0 radical (unpaired) electrons. The minimum Gasteiger partial charge on any atom is -0.489 e. The lowest BCUT2D eigenvalue weighted by atomic mass is 9.80. The quantitative estimate of drug-likeness (QED) is 0.532. The lowest BCUT2D eigenvalue weighted by Gasteiger charge is -2.29. The van der Waals surface area contributed by atoms with Crippen molar-refractivity contribution in [1.29, 1.82) is 0 Å². The first-order valence-electron chi connectivity index (χ1n) is 11.2. The molecule has 0 saturated carbocycles. The van der Waals surface area contributed by atoms with Crippen LogP contribution in [0.5, 0.6) is 5.75 Å². The summed E-state index contributed by atoms with van der Waals surface area (Å²) < 4.78 is 11.1. The van der Waals surface area contributed by atoms with Crippen molar-refractivity contribution >= 4 is 17.4 Å². The highest BCUT2D eigenvalue weighted by atomic mass is 16.5. The van der Waals surface area contributed by atoms with E-state index >= 15 is 0 Å². The van der Waals surface area contributed by atoms with Crippen LogP contribution in [0, 0.1) is 6.92 Å². The summed E-state index contributed by atoms with van der Waals surface area (Å²) in [4.78, 5) is 26.2. The molecule has 1 aliphatic heterocycles. The summed E-state index contributed by atoms with van der Waals surface area (Å²) in [5, 5.41) is 3.30. The van der Waals surface area contributed by atoms with Gasteiger partial charge in [0.15, 0.2) is 5.78 Å². The van der Waals surface area contributed by atoms with Gasteiger partial charge in [0.1, 0.15) is 12.4 Å². The average molecular weight is 452 g/mol. The first-order chi connectivity index (χ1) is 16.5. The number of carbonyl (C=O) groups excluding carboxylic acids is 2. The van der Waals surface area contributed by atoms with Gasteiger partial charge in [-0.05, 0) is 37.1 Å². The smallest absolute Gasteiger partial charge is 0.336 e. The van der Waals surface area contributed by atoms with Crippen LogP contribution in [0.3, 0.4) is 0 Å². The number of rotatable bonds is 5. The zero-order valence-electron chi connectivity index (χ0n) is 19.3. The van der Waals surface area contributed by atoms with Gasteiger partial charge in [0.25, 0.3) is 0 Å². The third-order valence-corrected chi connectivity index (χ3v) is 6.39. The normalized spacial score (nSPS) is 16.7. The van der Waals surface area contributed by atoms with Crippen molar-refractivity contribution in [2.45, 2.75) is 26.4 Å². The number of fused-ring (bicyclic) bond motifs is 2. The maximum Gasteiger partial charge on any atom is 0.336 e. The minimum atomic E-state index is -0.533. The molecule has 170 valence electrons. The Bertz CT molecular complexity index is 1350. The molecule has 0 aromatic heterocycles.